The first-order chi connectivity index (χ1) is 8.68. The van der Waals surface area contributed by atoms with Crippen molar-refractivity contribution in [1.29, 1.82) is 0 Å². The zero-order valence-corrected chi connectivity index (χ0v) is 10.8. The van der Waals surface area contributed by atoms with Crippen LogP contribution in [0.3, 0.4) is 0 Å². The molecule has 3 heteroatoms. The second-order valence-corrected chi connectivity index (χ2v) is 5.41. The Balaban J connectivity index is 2.14. The van der Waals surface area contributed by atoms with E-state index >= 15 is 0 Å². The highest BCUT2D eigenvalue weighted by molar-refractivity contribution is 7.10. The fourth-order valence-corrected chi connectivity index (χ4v) is 2.88. The van der Waals surface area contributed by atoms with Gasteiger partial charge in [-0.05, 0) is 36.1 Å². The molecule has 3 aromatic rings. The van der Waals surface area contributed by atoms with E-state index in [0.29, 0.717) is 0 Å². The maximum Gasteiger partial charge on any atom is 0.121 e. The summed E-state index contributed by atoms with van der Waals surface area (Å²) in [4.78, 5) is 5.27. The molecule has 0 aliphatic heterocycles. The largest absolute Gasteiger partial charge is 0.380 e. The molecule has 2 heterocycles. The van der Waals surface area contributed by atoms with Crippen molar-refractivity contribution in [3.8, 4) is 0 Å². The number of benzene rings is 1. The van der Waals surface area contributed by atoms with Crippen LogP contribution >= 0.6 is 11.3 Å². The lowest BCUT2D eigenvalue weighted by Crippen LogP contribution is -2.21. The maximum absolute atomic E-state index is 10.7. The molecule has 90 valence electrons. The van der Waals surface area contributed by atoms with Gasteiger partial charge in [0.15, 0.2) is 0 Å². The van der Waals surface area contributed by atoms with Crippen molar-refractivity contribution in [2.75, 3.05) is 0 Å². The van der Waals surface area contributed by atoms with Gasteiger partial charge in [-0.2, -0.15) is 0 Å². The number of rotatable bonds is 2. The topological polar surface area (TPSA) is 33.1 Å². The molecule has 2 aromatic heterocycles. The number of thiophene rings is 1. The van der Waals surface area contributed by atoms with Crippen LogP contribution in [0.5, 0.6) is 0 Å². The van der Waals surface area contributed by atoms with Crippen LogP contribution in [0.2, 0.25) is 0 Å². The summed E-state index contributed by atoms with van der Waals surface area (Å²) in [7, 11) is 0. The molecule has 0 saturated carbocycles. The van der Waals surface area contributed by atoms with E-state index < -0.39 is 5.60 Å². The fourth-order valence-electron chi connectivity index (χ4n) is 2.07. The molecule has 1 atom stereocenters. The Kier molecular flexibility index (Phi) is 2.65. The van der Waals surface area contributed by atoms with Gasteiger partial charge in [0.1, 0.15) is 5.60 Å². The lowest BCUT2D eigenvalue weighted by atomic mass is 9.93. The van der Waals surface area contributed by atoms with Gasteiger partial charge in [0.05, 0.1) is 5.52 Å². The molecule has 0 fully saturated rings. The molecule has 0 saturated heterocycles. The Hall–Kier alpha value is -1.71. The molecular weight excluding hydrogens is 242 g/mol. The molecule has 0 bridgehead atoms. The van der Waals surface area contributed by atoms with Crippen LogP contribution in [0.25, 0.3) is 10.9 Å². The molecule has 0 aliphatic rings. The number of pyridine rings is 1. The second kappa shape index (κ2) is 4.19. The van der Waals surface area contributed by atoms with Crippen molar-refractivity contribution in [3.05, 3.63) is 64.5 Å². The van der Waals surface area contributed by atoms with E-state index in [9.17, 15) is 5.11 Å². The SMILES string of the molecule is CC(O)(c1ccc2cccnc2c1)c1cccs1. The molecule has 1 unspecified atom stereocenters. The number of nitrogens with zero attached hydrogens (tertiary/aromatic N) is 1. The van der Waals surface area contributed by atoms with E-state index in [1.54, 1.807) is 17.5 Å². The molecule has 2 nitrogen and oxygen atoms in total. The lowest BCUT2D eigenvalue weighted by Gasteiger charge is -2.22. The third kappa shape index (κ3) is 1.82. The number of aromatic nitrogens is 1. The Morgan fingerprint density at radius 2 is 2.06 bits per heavy atom. The number of aliphatic hydroxyl groups is 1. The maximum atomic E-state index is 10.7. The number of hydrogen-bond acceptors (Lipinski definition) is 3. The minimum absolute atomic E-state index is 0.871. The first-order valence-corrected chi connectivity index (χ1v) is 6.67. The molecular formula is C15H13NOS. The van der Waals surface area contributed by atoms with Crippen LogP contribution in [0, 0.1) is 0 Å². The predicted octanol–water partition coefficient (Wildman–Crippen LogP) is 3.55. The van der Waals surface area contributed by atoms with Gasteiger partial charge in [0.2, 0.25) is 0 Å². The molecule has 3 rings (SSSR count). The van der Waals surface area contributed by atoms with Crippen molar-refractivity contribution in [1.82, 2.24) is 4.98 Å². The smallest absolute Gasteiger partial charge is 0.121 e. The molecule has 0 amide bonds. The van der Waals surface area contributed by atoms with Crippen molar-refractivity contribution >= 4 is 22.2 Å². The zero-order valence-electron chi connectivity index (χ0n) is 10.00. The summed E-state index contributed by atoms with van der Waals surface area (Å²) in [5, 5.41) is 13.7. The second-order valence-electron chi connectivity index (χ2n) is 4.46. The van der Waals surface area contributed by atoms with E-state index in [1.165, 1.54) is 0 Å². The monoisotopic (exact) mass is 255 g/mol. The minimum Gasteiger partial charge on any atom is -0.380 e. The average molecular weight is 255 g/mol. The van der Waals surface area contributed by atoms with E-state index in [4.69, 9.17) is 0 Å². The van der Waals surface area contributed by atoms with Crippen LogP contribution in [-0.4, -0.2) is 10.1 Å². The van der Waals surface area contributed by atoms with Crippen LogP contribution in [0.15, 0.2) is 54.0 Å². The molecule has 1 aromatic carbocycles. The summed E-state index contributed by atoms with van der Waals surface area (Å²) >= 11 is 1.56. The quantitative estimate of drug-likeness (QED) is 0.759. The van der Waals surface area contributed by atoms with Crippen molar-refractivity contribution in [2.45, 2.75) is 12.5 Å². The number of hydrogen-bond donors (Lipinski definition) is 1. The van der Waals surface area contributed by atoms with Crippen LogP contribution in [0.4, 0.5) is 0 Å². The van der Waals surface area contributed by atoms with Crippen molar-refractivity contribution in [3.63, 3.8) is 0 Å². The highest BCUT2D eigenvalue weighted by Crippen LogP contribution is 2.33. The first-order valence-electron chi connectivity index (χ1n) is 5.79. The normalized spacial score (nSPS) is 14.6. The Morgan fingerprint density at radius 1 is 1.17 bits per heavy atom. The molecule has 0 aliphatic carbocycles. The van der Waals surface area contributed by atoms with Crippen molar-refractivity contribution in [2.24, 2.45) is 0 Å². The fraction of sp³-hybridized carbons (Fsp3) is 0.133. The number of fused-ring (bicyclic) bond motifs is 1. The van der Waals surface area contributed by atoms with E-state index in [1.807, 2.05) is 54.8 Å². The third-order valence-electron chi connectivity index (χ3n) is 3.17. The zero-order chi connectivity index (χ0) is 12.6. The van der Waals surface area contributed by atoms with E-state index in [-0.39, 0.29) is 0 Å². The minimum atomic E-state index is -0.958. The standard InChI is InChI=1S/C15H13NOS/c1-15(17,14-5-3-9-18-14)12-7-6-11-4-2-8-16-13(11)10-12/h2-10,17H,1H3. The summed E-state index contributed by atoms with van der Waals surface area (Å²) in [6.07, 6.45) is 1.77. The predicted molar refractivity (Wildman–Crippen MR) is 74.7 cm³/mol. The highest BCUT2D eigenvalue weighted by atomic mass is 32.1. The van der Waals surface area contributed by atoms with Gasteiger partial charge in [-0.1, -0.05) is 24.3 Å². The Labute approximate surface area is 110 Å². The molecule has 0 spiro atoms. The average Bonchev–Trinajstić information content (AvgIpc) is 2.92. The van der Waals surface area contributed by atoms with Gasteiger partial charge < -0.3 is 5.11 Å². The lowest BCUT2D eigenvalue weighted by molar-refractivity contribution is 0.106. The molecule has 1 N–H and O–H groups in total. The van der Waals surface area contributed by atoms with Gasteiger partial charge in [-0.25, -0.2) is 0 Å². The van der Waals surface area contributed by atoms with Crippen molar-refractivity contribution < 1.29 is 5.11 Å². The van der Waals surface area contributed by atoms with Crippen LogP contribution in [-0.2, 0) is 5.60 Å². The van der Waals surface area contributed by atoms with E-state index in [0.717, 1.165) is 21.3 Å². The highest BCUT2D eigenvalue weighted by Gasteiger charge is 2.26. The van der Waals surface area contributed by atoms with Crippen LogP contribution < -0.4 is 0 Å². The Bertz CT molecular complexity index is 674. The summed E-state index contributed by atoms with van der Waals surface area (Å²) in [6.45, 7) is 1.82. The molecule has 0 radical (unpaired) electrons. The van der Waals surface area contributed by atoms with Gasteiger partial charge in [0, 0.05) is 16.5 Å². The van der Waals surface area contributed by atoms with Gasteiger partial charge in [-0.15, -0.1) is 11.3 Å². The summed E-state index contributed by atoms with van der Waals surface area (Å²) in [5.41, 5.74) is 0.822. The molecule has 18 heavy (non-hydrogen) atoms. The van der Waals surface area contributed by atoms with Gasteiger partial charge in [0.25, 0.3) is 0 Å². The van der Waals surface area contributed by atoms with Crippen LogP contribution in [0.1, 0.15) is 17.4 Å². The summed E-state index contributed by atoms with van der Waals surface area (Å²) in [6, 6.07) is 13.8. The van der Waals surface area contributed by atoms with E-state index in [2.05, 4.69) is 4.98 Å². The van der Waals surface area contributed by atoms with Gasteiger partial charge >= 0.3 is 0 Å². The van der Waals surface area contributed by atoms with Gasteiger partial charge in [-0.3, -0.25) is 4.98 Å². The Morgan fingerprint density at radius 3 is 2.83 bits per heavy atom. The summed E-state index contributed by atoms with van der Waals surface area (Å²) < 4.78 is 0. The third-order valence-corrected chi connectivity index (χ3v) is 4.25. The summed E-state index contributed by atoms with van der Waals surface area (Å²) in [5.74, 6) is 0. The first kappa shape index (κ1) is 11.4.